The fourth-order valence-corrected chi connectivity index (χ4v) is 3.87. The second-order valence-corrected chi connectivity index (χ2v) is 6.85. The highest BCUT2D eigenvalue weighted by molar-refractivity contribution is 7.89. The van der Waals surface area contributed by atoms with E-state index in [2.05, 4.69) is 4.74 Å². The van der Waals surface area contributed by atoms with Crippen molar-refractivity contribution in [2.75, 3.05) is 25.9 Å². The summed E-state index contributed by atoms with van der Waals surface area (Å²) in [6.07, 6.45) is 1.13. The number of benzene rings is 1. The minimum atomic E-state index is -3.85. The van der Waals surface area contributed by atoms with Gasteiger partial charge in [0.15, 0.2) is 0 Å². The van der Waals surface area contributed by atoms with Crippen molar-refractivity contribution in [1.29, 1.82) is 0 Å². The number of halogens is 1. The zero-order valence-corrected chi connectivity index (χ0v) is 12.4. The smallest absolute Gasteiger partial charge is 0.309 e. The molecule has 0 spiro atoms. The molecule has 2 rings (SSSR count). The lowest BCUT2D eigenvalue weighted by Gasteiger charge is -2.30. The molecule has 0 saturated carbocycles. The molecular formula is C13H17FN2O4S. The molecule has 2 N–H and O–H groups in total. The molecule has 1 unspecified atom stereocenters. The van der Waals surface area contributed by atoms with Gasteiger partial charge in [0, 0.05) is 13.1 Å². The number of hydrogen-bond donors (Lipinski definition) is 1. The second kappa shape index (κ2) is 5.98. The van der Waals surface area contributed by atoms with Crippen molar-refractivity contribution < 1.29 is 22.3 Å². The number of piperidine rings is 1. The van der Waals surface area contributed by atoms with E-state index in [-0.39, 0.29) is 17.1 Å². The van der Waals surface area contributed by atoms with Crippen molar-refractivity contribution in [3.63, 3.8) is 0 Å². The van der Waals surface area contributed by atoms with Gasteiger partial charge in [0.1, 0.15) is 5.82 Å². The number of nitrogens with zero attached hydrogens (tertiary/aromatic N) is 1. The van der Waals surface area contributed by atoms with Crippen LogP contribution in [0.2, 0.25) is 0 Å². The molecule has 0 radical (unpaired) electrons. The van der Waals surface area contributed by atoms with Crippen molar-refractivity contribution in [3.05, 3.63) is 24.0 Å². The number of methoxy groups -OCH3 is 1. The molecular weight excluding hydrogens is 299 g/mol. The largest absolute Gasteiger partial charge is 0.469 e. The number of ether oxygens (including phenoxy) is 1. The normalized spacial score (nSPS) is 20.2. The first-order chi connectivity index (χ1) is 9.86. The van der Waals surface area contributed by atoms with Crippen LogP contribution in [0.25, 0.3) is 0 Å². The van der Waals surface area contributed by atoms with E-state index in [0.717, 1.165) is 6.07 Å². The van der Waals surface area contributed by atoms with Gasteiger partial charge in [-0.05, 0) is 31.0 Å². The van der Waals surface area contributed by atoms with E-state index in [0.29, 0.717) is 19.4 Å². The van der Waals surface area contributed by atoms with Gasteiger partial charge >= 0.3 is 5.97 Å². The summed E-state index contributed by atoms with van der Waals surface area (Å²) in [5.74, 6) is -1.70. The van der Waals surface area contributed by atoms with Gasteiger partial charge in [-0.1, -0.05) is 0 Å². The van der Waals surface area contributed by atoms with E-state index in [9.17, 15) is 17.6 Å². The first-order valence-corrected chi connectivity index (χ1v) is 7.93. The Morgan fingerprint density at radius 2 is 2.19 bits per heavy atom. The Morgan fingerprint density at radius 3 is 2.81 bits per heavy atom. The lowest BCUT2D eigenvalue weighted by Crippen LogP contribution is -2.42. The third kappa shape index (κ3) is 3.16. The van der Waals surface area contributed by atoms with Gasteiger partial charge in [-0.15, -0.1) is 0 Å². The van der Waals surface area contributed by atoms with E-state index >= 15 is 0 Å². The third-order valence-electron chi connectivity index (χ3n) is 3.53. The number of nitrogen functional groups attached to an aromatic ring is 1. The predicted octanol–water partition coefficient (Wildman–Crippen LogP) is 0.982. The number of nitrogens with two attached hydrogens (primary N) is 1. The fraction of sp³-hybridized carbons (Fsp3) is 0.462. The van der Waals surface area contributed by atoms with Crippen LogP contribution >= 0.6 is 0 Å². The van der Waals surface area contributed by atoms with Crippen molar-refractivity contribution >= 4 is 21.7 Å². The monoisotopic (exact) mass is 316 g/mol. The van der Waals surface area contributed by atoms with Crippen molar-refractivity contribution in [2.24, 2.45) is 5.92 Å². The van der Waals surface area contributed by atoms with Gasteiger partial charge in [-0.25, -0.2) is 12.8 Å². The molecule has 1 aromatic rings. The van der Waals surface area contributed by atoms with Crippen molar-refractivity contribution in [1.82, 2.24) is 4.31 Å². The summed E-state index contributed by atoms with van der Waals surface area (Å²) >= 11 is 0. The van der Waals surface area contributed by atoms with Gasteiger partial charge in [0.25, 0.3) is 0 Å². The van der Waals surface area contributed by atoms with E-state index in [4.69, 9.17) is 5.73 Å². The molecule has 1 aromatic carbocycles. The molecule has 1 heterocycles. The minimum Gasteiger partial charge on any atom is -0.469 e. The number of hydrogen-bond acceptors (Lipinski definition) is 5. The number of carbonyl (C=O) groups is 1. The Kier molecular flexibility index (Phi) is 4.48. The molecule has 1 saturated heterocycles. The van der Waals surface area contributed by atoms with E-state index in [1.165, 1.54) is 23.5 Å². The molecule has 21 heavy (non-hydrogen) atoms. The number of anilines is 1. The maximum absolute atomic E-state index is 13.5. The fourth-order valence-electron chi connectivity index (χ4n) is 2.34. The first kappa shape index (κ1) is 15.7. The standard InChI is InChI=1S/C13H17FN2O4S/c1-20-13(17)9-3-2-6-16(8-9)21(18,19)10-4-5-12(15)11(14)7-10/h4-5,7,9H,2-3,6,8,15H2,1H3. The van der Waals surface area contributed by atoms with E-state index in [1.54, 1.807) is 0 Å². The lowest BCUT2D eigenvalue weighted by atomic mass is 10.0. The Bertz CT molecular complexity index is 648. The molecule has 1 fully saturated rings. The second-order valence-electron chi connectivity index (χ2n) is 4.91. The summed E-state index contributed by atoms with van der Waals surface area (Å²) in [7, 11) is -2.58. The van der Waals surface area contributed by atoms with Crippen molar-refractivity contribution in [2.45, 2.75) is 17.7 Å². The summed E-state index contributed by atoms with van der Waals surface area (Å²) < 4.78 is 44.2. The van der Waals surface area contributed by atoms with Crippen molar-refractivity contribution in [3.8, 4) is 0 Å². The summed E-state index contributed by atoms with van der Waals surface area (Å²) in [6.45, 7) is 0.336. The third-order valence-corrected chi connectivity index (χ3v) is 5.39. The first-order valence-electron chi connectivity index (χ1n) is 6.49. The average molecular weight is 316 g/mol. The maximum Gasteiger partial charge on any atom is 0.309 e. The van der Waals surface area contributed by atoms with Crippen LogP contribution in [0.3, 0.4) is 0 Å². The minimum absolute atomic E-state index is 0.0427. The molecule has 8 heteroatoms. The molecule has 0 aromatic heterocycles. The molecule has 1 atom stereocenters. The summed E-state index contributed by atoms with van der Waals surface area (Å²) in [5, 5.41) is 0. The Balaban J connectivity index is 2.26. The predicted molar refractivity (Wildman–Crippen MR) is 74.3 cm³/mol. The van der Waals surface area contributed by atoms with Crippen LogP contribution < -0.4 is 5.73 Å². The lowest BCUT2D eigenvalue weighted by molar-refractivity contribution is -0.146. The molecule has 6 nitrogen and oxygen atoms in total. The number of sulfonamides is 1. The SMILES string of the molecule is COC(=O)C1CCCN(S(=O)(=O)c2ccc(N)c(F)c2)C1. The number of carbonyl (C=O) groups excluding carboxylic acids is 1. The topological polar surface area (TPSA) is 89.7 Å². The summed E-state index contributed by atoms with van der Waals surface area (Å²) in [4.78, 5) is 11.4. The van der Waals surface area contributed by atoms with Crippen LogP contribution in [0.5, 0.6) is 0 Å². The number of rotatable bonds is 3. The highest BCUT2D eigenvalue weighted by Crippen LogP contribution is 2.25. The van der Waals surface area contributed by atoms with E-state index < -0.39 is 27.7 Å². The van der Waals surface area contributed by atoms with Gasteiger partial charge in [0.05, 0.1) is 23.6 Å². The van der Waals surface area contributed by atoms with Crippen LogP contribution in [-0.4, -0.2) is 38.9 Å². The Morgan fingerprint density at radius 1 is 1.48 bits per heavy atom. The highest BCUT2D eigenvalue weighted by Gasteiger charge is 2.34. The molecule has 1 aliphatic rings. The van der Waals surface area contributed by atoms with Gasteiger partial charge in [0.2, 0.25) is 10.0 Å². The molecule has 116 valence electrons. The van der Waals surface area contributed by atoms with Gasteiger partial charge in [-0.3, -0.25) is 4.79 Å². The van der Waals surface area contributed by atoms with Crippen LogP contribution in [0.1, 0.15) is 12.8 Å². The zero-order valence-electron chi connectivity index (χ0n) is 11.6. The summed E-state index contributed by atoms with van der Waals surface area (Å²) in [5.41, 5.74) is 5.23. The highest BCUT2D eigenvalue weighted by atomic mass is 32.2. The van der Waals surface area contributed by atoms with Gasteiger partial charge in [-0.2, -0.15) is 4.31 Å². The Hall–Kier alpha value is -1.67. The van der Waals surface area contributed by atoms with Crippen LogP contribution in [-0.2, 0) is 19.6 Å². The quantitative estimate of drug-likeness (QED) is 0.663. The van der Waals surface area contributed by atoms with E-state index in [1.807, 2.05) is 0 Å². The average Bonchev–Trinajstić information content (AvgIpc) is 2.49. The zero-order chi connectivity index (χ0) is 15.6. The Labute approximate surface area is 122 Å². The van der Waals surface area contributed by atoms with Crippen LogP contribution in [0.15, 0.2) is 23.1 Å². The van der Waals surface area contributed by atoms with Crippen LogP contribution in [0, 0.1) is 11.7 Å². The maximum atomic E-state index is 13.5. The molecule has 0 aliphatic carbocycles. The van der Waals surface area contributed by atoms with Crippen LogP contribution in [0.4, 0.5) is 10.1 Å². The van der Waals surface area contributed by atoms with Gasteiger partial charge < -0.3 is 10.5 Å². The summed E-state index contributed by atoms with van der Waals surface area (Å²) in [6, 6.07) is 3.37. The number of esters is 1. The molecule has 0 amide bonds. The molecule has 1 aliphatic heterocycles. The molecule has 0 bridgehead atoms.